The molecule has 108 valence electrons. The molecular weight excluding hydrogens is 256 g/mol. The standard InChI is InChI=1S/C15H20N2O3/c1-2-3-4-8-16-15(19)11-5-6-13-12(10-11)17-14(18)7-9-20-13/h5-6,10H,2-4,7-9H2,1H3,(H,16,19)(H,17,18). The van der Waals surface area contributed by atoms with E-state index in [1.165, 1.54) is 0 Å². The SMILES string of the molecule is CCCCCNC(=O)c1ccc2c(c1)NC(=O)CCO2. The summed E-state index contributed by atoms with van der Waals surface area (Å²) >= 11 is 0. The number of ether oxygens (including phenoxy) is 1. The van der Waals surface area contributed by atoms with Crippen molar-refractivity contribution in [2.75, 3.05) is 18.5 Å². The summed E-state index contributed by atoms with van der Waals surface area (Å²) in [5, 5.41) is 5.63. The Kier molecular flexibility index (Phi) is 4.98. The highest BCUT2D eigenvalue weighted by Gasteiger charge is 2.15. The summed E-state index contributed by atoms with van der Waals surface area (Å²) in [6.07, 6.45) is 3.53. The predicted molar refractivity (Wildman–Crippen MR) is 77.0 cm³/mol. The van der Waals surface area contributed by atoms with Crippen molar-refractivity contribution >= 4 is 17.5 Å². The summed E-state index contributed by atoms with van der Waals surface area (Å²) in [6, 6.07) is 5.10. The van der Waals surface area contributed by atoms with Crippen LogP contribution in [0.3, 0.4) is 0 Å². The monoisotopic (exact) mass is 276 g/mol. The van der Waals surface area contributed by atoms with Crippen LogP contribution in [-0.4, -0.2) is 25.0 Å². The van der Waals surface area contributed by atoms with Crippen molar-refractivity contribution < 1.29 is 14.3 Å². The number of benzene rings is 1. The van der Waals surface area contributed by atoms with Gasteiger partial charge >= 0.3 is 0 Å². The molecule has 5 heteroatoms. The van der Waals surface area contributed by atoms with Crippen LogP contribution in [0.2, 0.25) is 0 Å². The van der Waals surface area contributed by atoms with Gasteiger partial charge in [-0.05, 0) is 24.6 Å². The van der Waals surface area contributed by atoms with Gasteiger partial charge in [-0.2, -0.15) is 0 Å². The molecule has 1 aliphatic rings. The van der Waals surface area contributed by atoms with Gasteiger partial charge in [-0.25, -0.2) is 0 Å². The number of hydrogen-bond donors (Lipinski definition) is 2. The number of carbonyl (C=O) groups is 2. The topological polar surface area (TPSA) is 67.4 Å². The molecular formula is C15H20N2O3. The summed E-state index contributed by atoms with van der Waals surface area (Å²) in [7, 11) is 0. The van der Waals surface area contributed by atoms with E-state index >= 15 is 0 Å². The number of rotatable bonds is 5. The predicted octanol–water partition coefficient (Wildman–Crippen LogP) is 2.33. The third kappa shape index (κ3) is 3.73. The molecule has 0 spiro atoms. The maximum atomic E-state index is 12.0. The first kappa shape index (κ1) is 14.4. The zero-order chi connectivity index (χ0) is 14.4. The number of hydrogen-bond acceptors (Lipinski definition) is 3. The van der Waals surface area contributed by atoms with E-state index in [1.807, 2.05) is 0 Å². The van der Waals surface area contributed by atoms with Gasteiger partial charge in [-0.15, -0.1) is 0 Å². The normalized spacial score (nSPS) is 13.8. The molecule has 0 unspecified atom stereocenters. The summed E-state index contributed by atoms with van der Waals surface area (Å²) in [5.41, 5.74) is 1.10. The lowest BCUT2D eigenvalue weighted by molar-refractivity contribution is -0.116. The lowest BCUT2D eigenvalue weighted by atomic mass is 10.1. The lowest BCUT2D eigenvalue weighted by Gasteiger charge is -2.10. The van der Waals surface area contributed by atoms with E-state index < -0.39 is 0 Å². The molecule has 0 fully saturated rings. The van der Waals surface area contributed by atoms with Crippen LogP contribution < -0.4 is 15.4 Å². The molecule has 0 saturated carbocycles. The molecule has 1 aromatic rings. The summed E-state index contributed by atoms with van der Waals surface area (Å²) in [4.78, 5) is 23.5. The van der Waals surface area contributed by atoms with E-state index in [2.05, 4.69) is 17.6 Å². The van der Waals surface area contributed by atoms with Gasteiger partial charge in [-0.1, -0.05) is 19.8 Å². The molecule has 2 amide bonds. The second kappa shape index (κ2) is 6.93. The highest BCUT2D eigenvalue weighted by molar-refractivity contribution is 5.98. The Morgan fingerprint density at radius 1 is 1.40 bits per heavy atom. The van der Waals surface area contributed by atoms with E-state index in [0.717, 1.165) is 19.3 Å². The van der Waals surface area contributed by atoms with E-state index in [4.69, 9.17) is 4.74 Å². The molecule has 0 aliphatic carbocycles. The minimum absolute atomic E-state index is 0.0933. The number of anilines is 1. The first-order valence-electron chi connectivity index (χ1n) is 7.05. The van der Waals surface area contributed by atoms with Gasteiger partial charge in [0.15, 0.2) is 0 Å². The summed E-state index contributed by atoms with van der Waals surface area (Å²) in [6.45, 7) is 3.16. The zero-order valence-corrected chi connectivity index (χ0v) is 11.7. The maximum Gasteiger partial charge on any atom is 0.251 e. The van der Waals surface area contributed by atoms with Crippen molar-refractivity contribution in [2.24, 2.45) is 0 Å². The Morgan fingerprint density at radius 3 is 3.05 bits per heavy atom. The Balaban J connectivity index is 2.02. The summed E-state index contributed by atoms with van der Waals surface area (Å²) < 4.78 is 5.45. The highest BCUT2D eigenvalue weighted by Crippen LogP contribution is 2.28. The quantitative estimate of drug-likeness (QED) is 0.811. The highest BCUT2D eigenvalue weighted by atomic mass is 16.5. The van der Waals surface area contributed by atoms with Crippen LogP contribution in [0.25, 0.3) is 0 Å². The number of fused-ring (bicyclic) bond motifs is 1. The molecule has 20 heavy (non-hydrogen) atoms. The van der Waals surface area contributed by atoms with Crippen molar-refractivity contribution in [3.63, 3.8) is 0 Å². The fourth-order valence-electron chi connectivity index (χ4n) is 2.04. The number of carbonyl (C=O) groups excluding carboxylic acids is 2. The fourth-order valence-corrected chi connectivity index (χ4v) is 2.04. The third-order valence-corrected chi connectivity index (χ3v) is 3.17. The zero-order valence-electron chi connectivity index (χ0n) is 11.7. The molecule has 0 atom stereocenters. The van der Waals surface area contributed by atoms with Gasteiger partial charge in [0.25, 0.3) is 5.91 Å². The van der Waals surface area contributed by atoms with Crippen LogP contribution in [0.15, 0.2) is 18.2 Å². The van der Waals surface area contributed by atoms with Gasteiger partial charge < -0.3 is 15.4 Å². The number of unbranched alkanes of at least 4 members (excludes halogenated alkanes) is 2. The molecule has 5 nitrogen and oxygen atoms in total. The Hall–Kier alpha value is -2.04. The van der Waals surface area contributed by atoms with E-state index in [-0.39, 0.29) is 11.8 Å². The van der Waals surface area contributed by atoms with Gasteiger partial charge in [0.2, 0.25) is 5.91 Å². The smallest absolute Gasteiger partial charge is 0.251 e. The van der Waals surface area contributed by atoms with Crippen LogP contribution in [0.4, 0.5) is 5.69 Å². The summed E-state index contributed by atoms with van der Waals surface area (Å²) in [5.74, 6) is 0.394. The molecule has 1 aliphatic heterocycles. The van der Waals surface area contributed by atoms with Gasteiger partial charge in [-0.3, -0.25) is 9.59 Å². The number of amides is 2. The average Bonchev–Trinajstić information content (AvgIpc) is 2.63. The van der Waals surface area contributed by atoms with Crippen molar-refractivity contribution in [1.29, 1.82) is 0 Å². The fraction of sp³-hybridized carbons (Fsp3) is 0.467. The van der Waals surface area contributed by atoms with Crippen molar-refractivity contribution in [2.45, 2.75) is 32.6 Å². The molecule has 0 bridgehead atoms. The van der Waals surface area contributed by atoms with Crippen LogP contribution >= 0.6 is 0 Å². The van der Waals surface area contributed by atoms with Crippen LogP contribution in [0.1, 0.15) is 43.0 Å². The first-order chi connectivity index (χ1) is 9.70. The second-order valence-electron chi connectivity index (χ2n) is 4.82. The van der Waals surface area contributed by atoms with Crippen LogP contribution in [-0.2, 0) is 4.79 Å². The van der Waals surface area contributed by atoms with E-state index in [0.29, 0.717) is 36.6 Å². The Labute approximate surface area is 118 Å². The molecule has 2 N–H and O–H groups in total. The number of nitrogens with one attached hydrogen (secondary N) is 2. The first-order valence-corrected chi connectivity index (χ1v) is 7.05. The molecule has 0 aromatic heterocycles. The molecule has 1 heterocycles. The third-order valence-electron chi connectivity index (χ3n) is 3.17. The van der Waals surface area contributed by atoms with Gasteiger partial charge in [0, 0.05) is 12.1 Å². The Morgan fingerprint density at radius 2 is 2.25 bits per heavy atom. The average molecular weight is 276 g/mol. The second-order valence-corrected chi connectivity index (χ2v) is 4.82. The van der Waals surface area contributed by atoms with Crippen LogP contribution in [0.5, 0.6) is 5.75 Å². The lowest BCUT2D eigenvalue weighted by Crippen LogP contribution is -2.24. The molecule has 2 rings (SSSR count). The van der Waals surface area contributed by atoms with E-state index in [1.54, 1.807) is 18.2 Å². The molecule has 1 aromatic carbocycles. The largest absolute Gasteiger partial charge is 0.491 e. The Bertz CT molecular complexity index is 500. The van der Waals surface area contributed by atoms with Crippen molar-refractivity contribution in [3.8, 4) is 5.75 Å². The molecule has 0 radical (unpaired) electrons. The van der Waals surface area contributed by atoms with Gasteiger partial charge in [0.05, 0.1) is 18.7 Å². The van der Waals surface area contributed by atoms with Crippen LogP contribution in [0, 0.1) is 0 Å². The van der Waals surface area contributed by atoms with Crippen molar-refractivity contribution in [1.82, 2.24) is 5.32 Å². The maximum absolute atomic E-state index is 12.0. The molecule has 0 saturated heterocycles. The van der Waals surface area contributed by atoms with E-state index in [9.17, 15) is 9.59 Å². The minimum atomic E-state index is -0.123. The van der Waals surface area contributed by atoms with Crippen molar-refractivity contribution in [3.05, 3.63) is 23.8 Å². The minimum Gasteiger partial charge on any atom is -0.491 e. The van der Waals surface area contributed by atoms with Gasteiger partial charge in [0.1, 0.15) is 5.75 Å².